The number of rotatable bonds is 6. The van der Waals surface area contributed by atoms with E-state index in [-0.39, 0.29) is 37.8 Å². The summed E-state index contributed by atoms with van der Waals surface area (Å²) in [6, 6.07) is 5.11. The second-order valence-corrected chi connectivity index (χ2v) is 11.1. The minimum Gasteiger partial charge on any atom is -0.468 e. The van der Waals surface area contributed by atoms with Crippen molar-refractivity contribution in [2.75, 3.05) is 39.9 Å². The Morgan fingerprint density at radius 3 is 2.46 bits per heavy atom. The number of piperidine rings is 1. The lowest BCUT2D eigenvalue weighted by Gasteiger charge is -2.46. The molecule has 2 aliphatic heterocycles. The SMILES string of the molecule is CCOC(=O)N1CCN(C(=O)C[C@@H]2C[C@@]3(C(=O)OC)CCCCC=C3N(Cc3ccc(Cl)cc3Cl)C2=O)CC1. The first-order chi connectivity index (χ1) is 18.7. The maximum Gasteiger partial charge on any atom is 0.409 e. The number of methoxy groups -OCH3 is 1. The van der Waals surface area contributed by atoms with Gasteiger partial charge in [-0.15, -0.1) is 0 Å². The van der Waals surface area contributed by atoms with Gasteiger partial charge in [-0.2, -0.15) is 0 Å². The topological polar surface area (TPSA) is 96.5 Å². The van der Waals surface area contributed by atoms with Gasteiger partial charge in [-0.3, -0.25) is 14.4 Å². The molecule has 0 unspecified atom stereocenters. The summed E-state index contributed by atoms with van der Waals surface area (Å²) in [6.07, 6.45) is 4.72. The first kappa shape index (κ1) is 29.2. The van der Waals surface area contributed by atoms with Gasteiger partial charge in [0.05, 0.1) is 20.3 Å². The summed E-state index contributed by atoms with van der Waals surface area (Å²) >= 11 is 12.6. The van der Waals surface area contributed by atoms with Crippen LogP contribution < -0.4 is 0 Å². The summed E-state index contributed by atoms with van der Waals surface area (Å²) in [5, 5.41) is 0.906. The highest BCUT2D eigenvalue weighted by atomic mass is 35.5. The van der Waals surface area contributed by atoms with Crippen molar-refractivity contribution in [3.8, 4) is 0 Å². The molecule has 2 saturated heterocycles. The fourth-order valence-electron chi connectivity index (χ4n) is 5.88. The van der Waals surface area contributed by atoms with Crippen LogP contribution in [0.25, 0.3) is 0 Å². The molecule has 39 heavy (non-hydrogen) atoms. The number of ether oxygens (including phenoxy) is 2. The van der Waals surface area contributed by atoms with Crippen LogP contribution in [0.1, 0.15) is 51.0 Å². The molecule has 9 nitrogen and oxygen atoms in total. The molecule has 0 radical (unpaired) electrons. The van der Waals surface area contributed by atoms with Crippen LogP contribution in [0.4, 0.5) is 4.79 Å². The monoisotopic (exact) mass is 579 g/mol. The number of benzene rings is 1. The minimum absolute atomic E-state index is 0.0326. The average Bonchev–Trinajstić information content (AvgIpc) is 3.15. The zero-order chi connectivity index (χ0) is 28.2. The zero-order valence-electron chi connectivity index (χ0n) is 22.4. The second kappa shape index (κ2) is 12.6. The van der Waals surface area contributed by atoms with Crippen LogP contribution >= 0.6 is 23.2 Å². The van der Waals surface area contributed by atoms with E-state index < -0.39 is 23.4 Å². The molecule has 1 aliphatic carbocycles. The summed E-state index contributed by atoms with van der Waals surface area (Å²) in [4.78, 5) is 57.7. The van der Waals surface area contributed by atoms with E-state index in [4.69, 9.17) is 32.7 Å². The minimum atomic E-state index is -1.02. The van der Waals surface area contributed by atoms with Crippen molar-refractivity contribution in [3.05, 3.63) is 45.6 Å². The molecule has 3 aliphatic rings. The van der Waals surface area contributed by atoms with Crippen LogP contribution in [0, 0.1) is 11.3 Å². The third-order valence-electron chi connectivity index (χ3n) is 7.89. The first-order valence-corrected chi connectivity index (χ1v) is 14.2. The molecule has 1 aromatic rings. The Balaban J connectivity index is 1.59. The maximum absolute atomic E-state index is 14.0. The summed E-state index contributed by atoms with van der Waals surface area (Å²) < 4.78 is 10.4. The highest BCUT2D eigenvalue weighted by Gasteiger charge is 2.54. The van der Waals surface area contributed by atoms with Crippen molar-refractivity contribution in [3.63, 3.8) is 0 Å². The van der Waals surface area contributed by atoms with Crippen LogP contribution in [-0.2, 0) is 30.4 Å². The molecule has 0 saturated carbocycles. The molecule has 0 spiro atoms. The Labute approximate surface area is 239 Å². The molecular weight excluding hydrogens is 545 g/mol. The highest BCUT2D eigenvalue weighted by Crippen LogP contribution is 2.50. The van der Waals surface area contributed by atoms with Gasteiger partial charge in [-0.1, -0.05) is 41.8 Å². The number of fused-ring (bicyclic) bond motifs is 1. The van der Waals surface area contributed by atoms with E-state index in [1.807, 2.05) is 6.08 Å². The molecule has 0 N–H and O–H groups in total. The number of likely N-dealkylation sites (tertiary alicyclic amines) is 1. The number of nitrogens with zero attached hydrogens (tertiary/aromatic N) is 3. The fraction of sp³-hybridized carbons (Fsp3) is 0.571. The molecule has 11 heteroatoms. The number of halogens is 2. The first-order valence-electron chi connectivity index (χ1n) is 13.4. The summed E-state index contributed by atoms with van der Waals surface area (Å²) in [6.45, 7) is 3.64. The summed E-state index contributed by atoms with van der Waals surface area (Å²) in [5.74, 6) is -1.49. The molecule has 2 fully saturated rings. The normalized spacial score (nSPS) is 23.5. The number of piperazine rings is 1. The van der Waals surface area contributed by atoms with Crippen molar-refractivity contribution < 1.29 is 28.7 Å². The van der Waals surface area contributed by atoms with Crippen molar-refractivity contribution in [1.82, 2.24) is 14.7 Å². The third-order valence-corrected chi connectivity index (χ3v) is 8.47. The van der Waals surface area contributed by atoms with Crippen LogP contribution in [0.2, 0.25) is 10.0 Å². The molecule has 3 amide bonds. The van der Waals surface area contributed by atoms with Gasteiger partial charge in [-0.25, -0.2) is 4.79 Å². The van der Waals surface area contributed by atoms with E-state index >= 15 is 0 Å². The zero-order valence-corrected chi connectivity index (χ0v) is 23.9. The smallest absolute Gasteiger partial charge is 0.409 e. The van der Waals surface area contributed by atoms with E-state index in [2.05, 4.69) is 0 Å². The number of amides is 3. The standard InChI is InChI=1S/C28H35Cl2N3O6/c1-3-39-27(37)32-13-11-31(12-14-32)24(34)15-20-17-28(26(36)38-2)10-6-4-5-7-23(28)33(25(20)35)18-19-8-9-21(29)16-22(19)30/h7-9,16,20H,3-6,10-15,17-18H2,1-2H3/t20-,28+/m1/s1. The van der Waals surface area contributed by atoms with E-state index in [9.17, 15) is 19.2 Å². The Morgan fingerprint density at radius 1 is 1.08 bits per heavy atom. The number of allylic oxidation sites excluding steroid dienone is 1. The van der Waals surface area contributed by atoms with Crippen LogP contribution in [0.3, 0.4) is 0 Å². The Hall–Kier alpha value is -2.78. The summed E-state index contributed by atoms with van der Waals surface area (Å²) in [7, 11) is 1.36. The van der Waals surface area contributed by atoms with Crippen LogP contribution in [0.5, 0.6) is 0 Å². The molecule has 4 rings (SSSR count). The molecule has 0 bridgehead atoms. The number of carbonyl (C=O) groups excluding carboxylic acids is 4. The van der Waals surface area contributed by atoms with Gasteiger partial charge in [0.1, 0.15) is 5.41 Å². The van der Waals surface area contributed by atoms with Crippen LogP contribution in [0.15, 0.2) is 30.0 Å². The van der Waals surface area contributed by atoms with E-state index in [0.29, 0.717) is 53.9 Å². The number of hydrogen-bond donors (Lipinski definition) is 0. The molecule has 1 aromatic carbocycles. The van der Waals surface area contributed by atoms with Crippen molar-refractivity contribution in [2.45, 2.75) is 52.0 Å². The maximum atomic E-state index is 14.0. The van der Waals surface area contributed by atoms with Crippen molar-refractivity contribution >= 4 is 47.1 Å². The van der Waals surface area contributed by atoms with Gasteiger partial charge in [0, 0.05) is 54.3 Å². The fourth-order valence-corrected chi connectivity index (χ4v) is 6.35. The quantitative estimate of drug-likeness (QED) is 0.455. The van der Waals surface area contributed by atoms with Gasteiger partial charge < -0.3 is 24.2 Å². The van der Waals surface area contributed by atoms with Gasteiger partial charge in [0.15, 0.2) is 0 Å². The predicted molar refractivity (Wildman–Crippen MR) is 146 cm³/mol. The Bertz CT molecular complexity index is 1150. The summed E-state index contributed by atoms with van der Waals surface area (Å²) in [5.41, 5.74) is 0.307. The molecular formula is C28H35Cl2N3O6. The number of hydrogen-bond acceptors (Lipinski definition) is 6. The van der Waals surface area contributed by atoms with Gasteiger partial charge in [0.25, 0.3) is 0 Å². The average molecular weight is 581 g/mol. The highest BCUT2D eigenvalue weighted by molar-refractivity contribution is 6.35. The van der Waals surface area contributed by atoms with Gasteiger partial charge in [-0.05, 0) is 50.3 Å². The van der Waals surface area contributed by atoms with Crippen LogP contribution in [-0.4, -0.2) is 78.5 Å². The number of esters is 1. The van der Waals surface area contributed by atoms with Crippen molar-refractivity contribution in [1.29, 1.82) is 0 Å². The Kier molecular flexibility index (Phi) is 9.43. The third kappa shape index (κ3) is 6.19. The van der Waals surface area contributed by atoms with E-state index in [0.717, 1.165) is 19.3 Å². The van der Waals surface area contributed by atoms with Gasteiger partial charge >= 0.3 is 12.1 Å². The lowest BCUT2D eigenvalue weighted by atomic mass is 9.69. The van der Waals surface area contributed by atoms with Crippen molar-refractivity contribution in [2.24, 2.45) is 11.3 Å². The molecule has 2 heterocycles. The Morgan fingerprint density at radius 2 is 1.79 bits per heavy atom. The number of carbonyl (C=O) groups is 4. The lowest BCUT2D eigenvalue weighted by Crippen LogP contribution is -2.54. The molecule has 2 atom stereocenters. The predicted octanol–water partition coefficient (Wildman–Crippen LogP) is 4.65. The van der Waals surface area contributed by atoms with E-state index in [1.165, 1.54) is 7.11 Å². The lowest BCUT2D eigenvalue weighted by molar-refractivity contribution is -0.160. The van der Waals surface area contributed by atoms with Gasteiger partial charge in [0.2, 0.25) is 11.8 Å². The molecule has 0 aromatic heterocycles. The largest absolute Gasteiger partial charge is 0.468 e. The van der Waals surface area contributed by atoms with E-state index in [1.54, 1.807) is 39.8 Å². The second-order valence-electron chi connectivity index (χ2n) is 10.2. The molecule has 212 valence electrons.